The maximum Gasteiger partial charge on any atom is 0.244 e. The van der Waals surface area contributed by atoms with E-state index in [1.54, 1.807) is 18.0 Å². The normalized spacial score (nSPS) is 22.7. The first kappa shape index (κ1) is 11.7. The molecule has 0 aliphatic carbocycles. The predicted molar refractivity (Wildman–Crippen MR) is 57.0 cm³/mol. The van der Waals surface area contributed by atoms with Gasteiger partial charge in [-0.05, 0) is 12.8 Å². The zero-order chi connectivity index (χ0) is 11.4. The summed E-state index contributed by atoms with van der Waals surface area (Å²) in [4.78, 5) is 24.6. The Labute approximate surface area is 89.3 Å². The number of carbonyl (C=O) groups excluding carboxylic acids is 2. The Kier molecular flexibility index (Phi) is 3.85. The second-order valence-electron chi connectivity index (χ2n) is 3.74. The van der Waals surface area contributed by atoms with Gasteiger partial charge in [0.05, 0.1) is 6.04 Å². The molecule has 1 aliphatic heterocycles. The minimum atomic E-state index is -0.610. The number of hydrogen-bond acceptors (Lipinski definition) is 3. The van der Waals surface area contributed by atoms with Crippen LogP contribution in [0.4, 0.5) is 0 Å². The molecule has 84 valence electrons. The average molecular weight is 211 g/mol. The Morgan fingerprint density at radius 3 is 3.00 bits per heavy atom. The predicted octanol–water partition coefficient (Wildman–Crippen LogP) is -0.763. The van der Waals surface area contributed by atoms with Gasteiger partial charge in [0.15, 0.2) is 0 Å². The van der Waals surface area contributed by atoms with E-state index in [4.69, 9.17) is 5.73 Å². The maximum atomic E-state index is 11.5. The smallest absolute Gasteiger partial charge is 0.244 e. The summed E-state index contributed by atoms with van der Waals surface area (Å²) in [6.45, 7) is 4.19. The van der Waals surface area contributed by atoms with E-state index in [-0.39, 0.29) is 11.8 Å². The van der Waals surface area contributed by atoms with Gasteiger partial charge in [-0.25, -0.2) is 0 Å². The minimum Gasteiger partial charge on any atom is -0.344 e. The van der Waals surface area contributed by atoms with Crippen molar-refractivity contribution in [1.29, 1.82) is 0 Å². The van der Waals surface area contributed by atoms with Crippen LogP contribution in [0.25, 0.3) is 0 Å². The Morgan fingerprint density at radius 2 is 2.53 bits per heavy atom. The molecule has 1 fully saturated rings. The third kappa shape index (κ3) is 2.79. The molecule has 1 saturated heterocycles. The summed E-state index contributed by atoms with van der Waals surface area (Å²) in [6.07, 6.45) is 2.66. The van der Waals surface area contributed by atoms with Crippen LogP contribution in [0.15, 0.2) is 12.7 Å². The van der Waals surface area contributed by atoms with E-state index >= 15 is 0 Å². The third-order valence-corrected chi connectivity index (χ3v) is 2.50. The molecule has 0 saturated carbocycles. The number of likely N-dealkylation sites (N-methyl/N-ethyl adjacent to an activating group) is 1. The summed E-state index contributed by atoms with van der Waals surface area (Å²) in [5.41, 5.74) is 5.58. The van der Waals surface area contributed by atoms with Crippen LogP contribution >= 0.6 is 0 Å². The summed E-state index contributed by atoms with van der Waals surface area (Å²) < 4.78 is 0. The summed E-state index contributed by atoms with van der Waals surface area (Å²) in [5.74, 6) is -0.335. The molecule has 1 rings (SSSR count). The Hall–Kier alpha value is -1.36. The summed E-state index contributed by atoms with van der Waals surface area (Å²) in [7, 11) is 1.72. The lowest BCUT2D eigenvalue weighted by atomic mass is 10.2. The summed E-state index contributed by atoms with van der Waals surface area (Å²) in [6, 6.07) is -1.01. The van der Waals surface area contributed by atoms with Gasteiger partial charge in [0.2, 0.25) is 11.8 Å². The average Bonchev–Trinajstić information content (AvgIpc) is 2.50. The van der Waals surface area contributed by atoms with E-state index in [0.717, 1.165) is 0 Å². The van der Waals surface area contributed by atoms with Gasteiger partial charge in [-0.3, -0.25) is 9.59 Å². The lowest BCUT2D eigenvalue weighted by molar-refractivity contribution is -0.132. The number of carbonyl (C=O) groups is 2. The zero-order valence-electron chi connectivity index (χ0n) is 8.90. The molecule has 1 aliphatic rings. The molecule has 2 amide bonds. The fourth-order valence-corrected chi connectivity index (χ4v) is 1.52. The summed E-state index contributed by atoms with van der Waals surface area (Å²) in [5, 5.41) is 2.64. The third-order valence-electron chi connectivity index (χ3n) is 2.50. The molecular weight excluding hydrogens is 194 g/mol. The highest BCUT2D eigenvalue weighted by Crippen LogP contribution is 2.08. The standard InChI is InChI=1S/C10H17N3O2/c1-3-4-7(11)9(14)12-8-5-6-13(2)10(8)15/h3,7-8H,1,4-6,11H2,2H3,(H,12,14). The lowest BCUT2D eigenvalue weighted by Crippen LogP contribution is -2.47. The molecule has 15 heavy (non-hydrogen) atoms. The molecule has 0 bridgehead atoms. The van der Waals surface area contributed by atoms with Crippen molar-refractivity contribution in [3.05, 3.63) is 12.7 Å². The Morgan fingerprint density at radius 1 is 1.87 bits per heavy atom. The lowest BCUT2D eigenvalue weighted by Gasteiger charge is -2.15. The van der Waals surface area contributed by atoms with Gasteiger partial charge in [0.1, 0.15) is 6.04 Å². The number of rotatable bonds is 4. The largest absolute Gasteiger partial charge is 0.344 e. The molecule has 5 nitrogen and oxygen atoms in total. The van der Waals surface area contributed by atoms with Crippen molar-refractivity contribution in [3.8, 4) is 0 Å². The van der Waals surface area contributed by atoms with Crippen molar-refractivity contribution in [1.82, 2.24) is 10.2 Å². The monoisotopic (exact) mass is 211 g/mol. The molecule has 0 aromatic rings. The molecule has 0 radical (unpaired) electrons. The number of hydrogen-bond donors (Lipinski definition) is 2. The molecule has 5 heteroatoms. The van der Waals surface area contributed by atoms with Gasteiger partial charge in [-0.1, -0.05) is 6.08 Å². The van der Waals surface area contributed by atoms with E-state index < -0.39 is 12.1 Å². The maximum absolute atomic E-state index is 11.5. The van der Waals surface area contributed by atoms with Crippen molar-refractivity contribution < 1.29 is 9.59 Å². The van der Waals surface area contributed by atoms with Crippen LogP contribution in [0, 0.1) is 0 Å². The topological polar surface area (TPSA) is 75.4 Å². The molecule has 0 aromatic carbocycles. The fraction of sp³-hybridized carbons (Fsp3) is 0.600. The van der Waals surface area contributed by atoms with Gasteiger partial charge in [-0.15, -0.1) is 6.58 Å². The molecule has 3 N–H and O–H groups in total. The molecule has 2 unspecified atom stereocenters. The van der Waals surface area contributed by atoms with Crippen LogP contribution in [-0.4, -0.2) is 42.4 Å². The highest BCUT2D eigenvalue weighted by Gasteiger charge is 2.30. The number of likely N-dealkylation sites (tertiary alicyclic amines) is 1. The van der Waals surface area contributed by atoms with Crippen LogP contribution in [0.5, 0.6) is 0 Å². The number of amides is 2. The second kappa shape index (κ2) is 4.93. The van der Waals surface area contributed by atoms with E-state index in [9.17, 15) is 9.59 Å². The highest BCUT2D eigenvalue weighted by molar-refractivity contribution is 5.90. The zero-order valence-corrected chi connectivity index (χ0v) is 8.90. The van der Waals surface area contributed by atoms with Crippen molar-refractivity contribution in [2.24, 2.45) is 5.73 Å². The fourth-order valence-electron chi connectivity index (χ4n) is 1.52. The van der Waals surface area contributed by atoms with Crippen LogP contribution in [-0.2, 0) is 9.59 Å². The Bertz CT molecular complexity index is 278. The van der Waals surface area contributed by atoms with E-state index in [1.807, 2.05) is 0 Å². The second-order valence-corrected chi connectivity index (χ2v) is 3.74. The van der Waals surface area contributed by atoms with Gasteiger partial charge in [-0.2, -0.15) is 0 Å². The first-order valence-corrected chi connectivity index (χ1v) is 4.98. The van der Waals surface area contributed by atoms with E-state index in [1.165, 1.54) is 0 Å². The SMILES string of the molecule is C=CCC(N)C(=O)NC1CCN(C)C1=O. The minimum absolute atomic E-state index is 0.0471. The number of nitrogens with one attached hydrogen (secondary N) is 1. The molecule has 0 aromatic heterocycles. The number of nitrogens with zero attached hydrogens (tertiary/aromatic N) is 1. The van der Waals surface area contributed by atoms with Gasteiger partial charge >= 0.3 is 0 Å². The van der Waals surface area contributed by atoms with Crippen LogP contribution in [0.3, 0.4) is 0 Å². The van der Waals surface area contributed by atoms with Crippen molar-refractivity contribution in [3.63, 3.8) is 0 Å². The molecule has 0 spiro atoms. The molecule has 1 heterocycles. The quantitative estimate of drug-likeness (QED) is 0.600. The van der Waals surface area contributed by atoms with E-state index in [0.29, 0.717) is 19.4 Å². The van der Waals surface area contributed by atoms with Crippen LogP contribution in [0.2, 0.25) is 0 Å². The molecular formula is C10H17N3O2. The number of nitrogens with two attached hydrogens (primary N) is 1. The first-order chi connectivity index (χ1) is 7.06. The van der Waals surface area contributed by atoms with E-state index in [2.05, 4.69) is 11.9 Å². The Balaban J connectivity index is 2.45. The van der Waals surface area contributed by atoms with Crippen molar-refractivity contribution in [2.75, 3.05) is 13.6 Å². The molecule has 2 atom stereocenters. The van der Waals surface area contributed by atoms with Crippen molar-refractivity contribution >= 4 is 11.8 Å². The van der Waals surface area contributed by atoms with Gasteiger partial charge < -0.3 is 16.0 Å². The first-order valence-electron chi connectivity index (χ1n) is 4.98. The van der Waals surface area contributed by atoms with Gasteiger partial charge in [0.25, 0.3) is 0 Å². The van der Waals surface area contributed by atoms with Crippen molar-refractivity contribution in [2.45, 2.75) is 24.9 Å². The highest BCUT2D eigenvalue weighted by atomic mass is 16.2. The summed E-state index contributed by atoms with van der Waals surface area (Å²) >= 11 is 0. The van der Waals surface area contributed by atoms with Crippen LogP contribution in [0.1, 0.15) is 12.8 Å². The van der Waals surface area contributed by atoms with Crippen LogP contribution < -0.4 is 11.1 Å². The van der Waals surface area contributed by atoms with Gasteiger partial charge in [0, 0.05) is 13.6 Å².